The summed E-state index contributed by atoms with van der Waals surface area (Å²) in [5.41, 5.74) is 1.19. The monoisotopic (exact) mass is 202 g/mol. The van der Waals surface area contributed by atoms with Crippen LogP contribution in [0, 0.1) is 0 Å². The van der Waals surface area contributed by atoms with Crippen LogP contribution >= 0.6 is 11.6 Å². The molecule has 0 spiro atoms. The molecule has 0 aliphatic carbocycles. The van der Waals surface area contributed by atoms with Crippen LogP contribution in [0.25, 0.3) is 0 Å². The number of halogens is 1. The molecule has 66 valence electrons. The van der Waals surface area contributed by atoms with Crippen LogP contribution in [0.3, 0.4) is 0 Å². The molecular formula is C9H11ClOS. The summed E-state index contributed by atoms with van der Waals surface area (Å²) in [6.45, 7) is 0. The summed E-state index contributed by atoms with van der Waals surface area (Å²) < 4.78 is 11.0. The topological polar surface area (TPSA) is 17.1 Å². The fraction of sp³-hybridized carbons (Fsp3) is 0.333. The minimum atomic E-state index is -0.874. The molecule has 12 heavy (non-hydrogen) atoms. The third kappa shape index (κ3) is 2.61. The summed E-state index contributed by atoms with van der Waals surface area (Å²) in [6, 6.07) is 7.72. The van der Waals surface area contributed by atoms with Gasteiger partial charge in [-0.25, -0.2) is 0 Å². The Labute approximate surface area is 80.2 Å². The first-order valence-corrected chi connectivity index (χ1v) is 5.81. The van der Waals surface area contributed by atoms with Crippen molar-refractivity contribution in [2.24, 2.45) is 0 Å². The van der Waals surface area contributed by atoms with E-state index < -0.39 is 10.8 Å². The molecule has 0 saturated heterocycles. The average molecular weight is 203 g/mol. The third-order valence-corrected chi connectivity index (χ3v) is 2.76. The number of aryl methyl sites for hydroxylation is 1. The predicted molar refractivity (Wildman–Crippen MR) is 53.2 cm³/mol. The largest absolute Gasteiger partial charge is 0.255 e. The van der Waals surface area contributed by atoms with Crippen molar-refractivity contribution in [3.05, 3.63) is 29.8 Å². The minimum Gasteiger partial charge on any atom is -0.255 e. The van der Waals surface area contributed by atoms with E-state index in [1.165, 1.54) is 5.56 Å². The van der Waals surface area contributed by atoms with Crippen molar-refractivity contribution in [2.45, 2.75) is 11.3 Å². The molecule has 0 heterocycles. The summed E-state index contributed by atoms with van der Waals surface area (Å²) in [6.07, 6.45) is 2.55. The van der Waals surface area contributed by atoms with E-state index in [-0.39, 0.29) is 0 Å². The van der Waals surface area contributed by atoms with E-state index in [0.29, 0.717) is 5.88 Å². The van der Waals surface area contributed by atoms with Gasteiger partial charge in [0.05, 0.1) is 0 Å². The van der Waals surface area contributed by atoms with Gasteiger partial charge in [-0.1, -0.05) is 12.1 Å². The van der Waals surface area contributed by atoms with E-state index in [1.807, 2.05) is 24.3 Å². The summed E-state index contributed by atoms with van der Waals surface area (Å²) in [5.74, 6) is 0.633. The lowest BCUT2D eigenvalue weighted by Crippen LogP contribution is -1.89. The van der Waals surface area contributed by atoms with Crippen molar-refractivity contribution in [1.82, 2.24) is 0 Å². The molecule has 0 aliphatic rings. The molecule has 1 aromatic rings. The molecule has 1 aromatic carbocycles. The van der Waals surface area contributed by atoms with Crippen LogP contribution in [0.15, 0.2) is 29.2 Å². The molecule has 0 N–H and O–H groups in total. The van der Waals surface area contributed by atoms with Crippen LogP contribution < -0.4 is 0 Å². The van der Waals surface area contributed by atoms with Gasteiger partial charge in [-0.15, -0.1) is 11.6 Å². The van der Waals surface area contributed by atoms with E-state index in [1.54, 1.807) is 6.26 Å². The fourth-order valence-electron chi connectivity index (χ4n) is 0.957. The summed E-state index contributed by atoms with van der Waals surface area (Å²) in [5, 5.41) is 0. The zero-order chi connectivity index (χ0) is 8.97. The molecule has 0 saturated carbocycles. The van der Waals surface area contributed by atoms with Gasteiger partial charge in [0.2, 0.25) is 0 Å². The molecule has 0 fully saturated rings. The van der Waals surface area contributed by atoms with Gasteiger partial charge >= 0.3 is 0 Å². The second-order valence-electron chi connectivity index (χ2n) is 2.54. The van der Waals surface area contributed by atoms with Gasteiger partial charge in [0, 0.05) is 27.8 Å². The van der Waals surface area contributed by atoms with Crippen molar-refractivity contribution in [3.63, 3.8) is 0 Å². The lowest BCUT2D eigenvalue weighted by atomic mass is 10.2. The van der Waals surface area contributed by atoms with Gasteiger partial charge in [0.1, 0.15) is 0 Å². The van der Waals surface area contributed by atoms with Gasteiger partial charge in [-0.3, -0.25) is 4.21 Å². The van der Waals surface area contributed by atoms with E-state index >= 15 is 0 Å². The number of benzene rings is 1. The van der Waals surface area contributed by atoms with Crippen LogP contribution in [-0.4, -0.2) is 16.3 Å². The molecule has 1 atom stereocenters. The van der Waals surface area contributed by atoms with Gasteiger partial charge in [0.15, 0.2) is 0 Å². The van der Waals surface area contributed by atoms with Crippen molar-refractivity contribution < 1.29 is 4.21 Å². The highest BCUT2D eigenvalue weighted by atomic mass is 35.5. The quantitative estimate of drug-likeness (QED) is 0.687. The highest BCUT2D eigenvalue weighted by Gasteiger charge is 1.96. The highest BCUT2D eigenvalue weighted by molar-refractivity contribution is 7.84. The van der Waals surface area contributed by atoms with Crippen molar-refractivity contribution in [3.8, 4) is 0 Å². The summed E-state index contributed by atoms with van der Waals surface area (Å²) in [7, 11) is -0.874. The number of hydrogen-bond acceptors (Lipinski definition) is 1. The zero-order valence-electron chi connectivity index (χ0n) is 6.92. The van der Waals surface area contributed by atoms with Crippen LogP contribution in [-0.2, 0) is 17.2 Å². The van der Waals surface area contributed by atoms with Crippen LogP contribution in [0.4, 0.5) is 0 Å². The Bertz CT molecular complexity index is 268. The lowest BCUT2D eigenvalue weighted by molar-refractivity contribution is 0.687. The smallest absolute Gasteiger partial charge is 0.0498 e. The normalized spacial score (nSPS) is 12.8. The van der Waals surface area contributed by atoms with E-state index in [2.05, 4.69) is 0 Å². The van der Waals surface area contributed by atoms with Crippen LogP contribution in [0.2, 0.25) is 0 Å². The fourth-order valence-corrected chi connectivity index (χ4v) is 1.69. The molecular weight excluding hydrogens is 192 g/mol. The minimum absolute atomic E-state index is 0.633. The van der Waals surface area contributed by atoms with Crippen LogP contribution in [0.1, 0.15) is 5.56 Å². The number of hydrogen-bond donors (Lipinski definition) is 0. The second-order valence-corrected chi connectivity index (χ2v) is 4.29. The lowest BCUT2D eigenvalue weighted by Gasteiger charge is -1.98. The average Bonchev–Trinajstić information content (AvgIpc) is 2.06. The van der Waals surface area contributed by atoms with Crippen LogP contribution in [0.5, 0.6) is 0 Å². The van der Waals surface area contributed by atoms with E-state index in [0.717, 1.165) is 11.3 Å². The van der Waals surface area contributed by atoms with Gasteiger partial charge < -0.3 is 0 Å². The molecule has 0 aromatic heterocycles. The van der Waals surface area contributed by atoms with Crippen molar-refractivity contribution in [2.75, 3.05) is 12.1 Å². The van der Waals surface area contributed by atoms with Gasteiger partial charge in [0.25, 0.3) is 0 Å². The Morgan fingerprint density at radius 2 is 1.92 bits per heavy atom. The Morgan fingerprint density at radius 3 is 2.33 bits per heavy atom. The predicted octanol–water partition coefficient (Wildman–Crippen LogP) is 2.21. The Morgan fingerprint density at radius 1 is 1.33 bits per heavy atom. The molecule has 1 unspecified atom stereocenters. The maximum Gasteiger partial charge on any atom is 0.0498 e. The van der Waals surface area contributed by atoms with E-state index in [9.17, 15) is 4.21 Å². The first kappa shape index (κ1) is 9.75. The highest BCUT2D eigenvalue weighted by Crippen LogP contribution is 2.08. The SMILES string of the molecule is CS(=O)c1ccc(CCCl)cc1. The molecule has 0 amide bonds. The van der Waals surface area contributed by atoms with Crippen molar-refractivity contribution >= 4 is 22.4 Å². The first-order valence-electron chi connectivity index (χ1n) is 3.72. The van der Waals surface area contributed by atoms with Gasteiger partial charge in [-0.2, -0.15) is 0 Å². The number of alkyl halides is 1. The second kappa shape index (κ2) is 4.63. The maximum absolute atomic E-state index is 11.0. The molecule has 1 rings (SSSR count). The first-order chi connectivity index (χ1) is 5.74. The molecule has 0 radical (unpaired) electrons. The molecule has 0 aliphatic heterocycles. The molecule has 0 bridgehead atoms. The van der Waals surface area contributed by atoms with Gasteiger partial charge in [-0.05, 0) is 24.1 Å². The zero-order valence-corrected chi connectivity index (χ0v) is 8.49. The number of rotatable bonds is 3. The summed E-state index contributed by atoms with van der Waals surface area (Å²) >= 11 is 5.58. The molecule has 3 heteroatoms. The van der Waals surface area contributed by atoms with E-state index in [4.69, 9.17) is 11.6 Å². The summed E-state index contributed by atoms with van der Waals surface area (Å²) in [4.78, 5) is 0.869. The maximum atomic E-state index is 11.0. The Balaban J connectivity index is 2.78. The Hall–Kier alpha value is -0.340. The standard InChI is InChI=1S/C9H11ClOS/c1-12(11)9-4-2-8(3-5-9)6-7-10/h2-5H,6-7H2,1H3. The molecule has 1 nitrogen and oxygen atoms in total. The Kier molecular flexibility index (Phi) is 3.76. The van der Waals surface area contributed by atoms with Crippen molar-refractivity contribution in [1.29, 1.82) is 0 Å². The third-order valence-electron chi connectivity index (χ3n) is 1.64.